The minimum Gasteiger partial charge on any atom is -0.478 e. The monoisotopic (exact) mass is 444 g/mol. The van der Waals surface area contributed by atoms with Gasteiger partial charge in [0.25, 0.3) is 10.0 Å². The zero-order chi connectivity index (χ0) is 21.8. The van der Waals surface area contributed by atoms with Crippen LogP contribution in [-0.4, -0.2) is 62.1 Å². The van der Waals surface area contributed by atoms with E-state index in [0.717, 1.165) is 45.6 Å². The molecule has 0 radical (unpaired) electrons. The van der Waals surface area contributed by atoms with Crippen LogP contribution in [0.4, 0.5) is 11.5 Å². The van der Waals surface area contributed by atoms with Crippen LogP contribution in [0.3, 0.4) is 0 Å². The van der Waals surface area contributed by atoms with Crippen molar-refractivity contribution in [2.45, 2.75) is 30.6 Å². The lowest BCUT2D eigenvalue weighted by atomic mass is 9.97. The van der Waals surface area contributed by atoms with Crippen molar-refractivity contribution in [2.24, 2.45) is 5.92 Å². The molecule has 0 aliphatic carbocycles. The normalized spacial score (nSPS) is 20.0. The lowest BCUT2D eigenvalue weighted by molar-refractivity contribution is 0.0697. The number of hydrogen-bond acceptors (Lipinski definition) is 6. The topological polar surface area (TPSA) is 103 Å². The number of carboxylic acids is 1. The largest absolute Gasteiger partial charge is 0.478 e. The number of aromatic carboxylic acids is 1. The molecular weight excluding hydrogens is 416 g/mol. The second-order valence-electron chi connectivity index (χ2n) is 8.28. The van der Waals surface area contributed by atoms with Gasteiger partial charge in [0.2, 0.25) is 0 Å². The van der Waals surface area contributed by atoms with Gasteiger partial charge < -0.3 is 14.9 Å². The maximum atomic E-state index is 12.6. The van der Waals surface area contributed by atoms with E-state index in [1.165, 1.54) is 37.2 Å². The van der Waals surface area contributed by atoms with Crippen LogP contribution in [-0.2, 0) is 10.0 Å². The van der Waals surface area contributed by atoms with Crippen molar-refractivity contribution < 1.29 is 18.3 Å². The molecule has 0 unspecified atom stereocenters. The number of aromatic nitrogens is 1. The smallest absolute Gasteiger partial charge is 0.339 e. The average molecular weight is 445 g/mol. The predicted octanol–water partition coefficient (Wildman–Crippen LogP) is 2.89. The Labute approximate surface area is 182 Å². The van der Waals surface area contributed by atoms with Crippen LogP contribution in [0.5, 0.6) is 0 Å². The number of nitrogens with zero attached hydrogens (tertiary/aromatic N) is 3. The minimum absolute atomic E-state index is 0.00934. The molecule has 1 aromatic carbocycles. The number of likely N-dealkylation sites (tertiary alicyclic amines) is 1. The van der Waals surface area contributed by atoms with Gasteiger partial charge >= 0.3 is 5.97 Å². The van der Waals surface area contributed by atoms with Crippen molar-refractivity contribution in [3.8, 4) is 0 Å². The highest BCUT2D eigenvalue weighted by Gasteiger charge is 2.27. The molecule has 166 valence electrons. The molecule has 2 N–H and O–H groups in total. The minimum atomic E-state index is -3.82. The zero-order valence-electron chi connectivity index (χ0n) is 17.4. The predicted molar refractivity (Wildman–Crippen MR) is 119 cm³/mol. The molecule has 1 aromatic heterocycles. The van der Waals surface area contributed by atoms with Crippen LogP contribution in [0.2, 0.25) is 0 Å². The summed E-state index contributed by atoms with van der Waals surface area (Å²) < 4.78 is 27.6. The molecule has 8 nitrogen and oxygen atoms in total. The number of pyridine rings is 1. The molecule has 0 saturated carbocycles. The second kappa shape index (κ2) is 9.23. The summed E-state index contributed by atoms with van der Waals surface area (Å²) >= 11 is 0. The summed E-state index contributed by atoms with van der Waals surface area (Å²) in [7, 11) is -3.82. The third-order valence-electron chi connectivity index (χ3n) is 5.94. The number of hydrogen-bond donors (Lipinski definition) is 2. The van der Waals surface area contributed by atoms with Crippen molar-refractivity contribution in [1.82, 2.24) is 9.88 Å². The highest BCUT2D eigenvalue weighted by molar-refractivity contribution is 7.92. The number of sulfonamides is 1. The van der Waals surface area contributed by atoms with Crippen molar-refractivity contribution in [3.63, 3.8) is 0 Å². The van der Waals surface area contributed by atoms with Crippen LogP contribution in [0, 0.1) is 5.92 Å². The lowest BCUT2D eigenvalue weighted by Crippen LogP contribution is -2.41. The van der Waals surface area contributed by atoms with E-state index in [9.17, 15) is 18.3 Å². The van der Waals surface area contributed by atoms with Gasteiger partial charge in [-0.1, -0.05) is 18.2 Å². The fourth-order valence-corrected chi connectivity index (χ4v) is 5.53. The van der Waals surface area contributed by atoms with E-state index in [4.69, 9.17) is 0 Å². The van der Waals surface area contributed by atoms with Gasteiger partial charge in [-0.05, 0) is 62.9 Å². The van der Waals surface area contributed by atoms with E-state index in [-0.39, 0.29) is 16.1 Å². The summed E-state index contributed by atoms with van der Waals surface area (Å²) in [4.78, 5) is 21.0. The fraction of sp³-hybridized carbons (Fsp3) is 0.455. The summed E-state index contributed by atoms with van der Waals surface area (Å²) in [6.45, 7) is 4.84. The Morgan fingerprint density at radius 2 is 1.87 bits per heavy atom. The quantitative estimate of drug-likeness (QED) is 0.677. The van der Waals surface area contributed by atoms with Crippen LogP contribution >= 0.6 is 0 Å². The Hall–Kier alpha value is -2.65. The number of benzene rings is 1. The van der Waals surface area contributed by atoms with E-state index in [1.54, 1.807) is 18.2 Å². The molecule has 31 heavy (non-hydrogen) atoms. The van der Waals surface area contributed by atoms with Crippen molar-refractivity contribution in [3.05, 3.63) is 48.2 Å². The van der Waals surface area contributed by atoms with Crippen molar-refractivity contribution in [2.75, 3.05) is 42.3 Å². The maximum absolute atomic E-state index is 12.6. The third-order valence-corrected chi connectivity index (χ3v) is 7.33. The van der Waals surface area contributed by atoms with E-state index in [1.807, 2.05) is 4.90 Å². The van der Waals surface area contributed by atoms with Gasteiger partial charge in [-0.25, -0.2) is 18.2 Å². The molecule has 0 amide bonds. The standard InChI is InChI=1S/C22H28N4O4S/c27-22(28)20-13-18(24-31(29,30)19-8-2-1-3-9-19)14-23-21(20)26-12-6-7-17(16-26)15-25-10-4-5-11-25/h1-3,8-9,13-14,17,24H,4-7,10-12,15-16H2,(H,27,28)/t17-/m1/s1. The van der Waals surface area contributed by atoms with Gasteiger partial charge in [0, 0.05) is 19.6 Å². The first-order valence-electron chi connectivity index (χ1n) is 10.7. The zero-order valence-corrected chi connectivity index (χ0v) is 18.2. The first-order chi connectivity index (χ1) is 14.9. The molecule has 3 heterocycles. The molecular formula is C22H28N4O4S. The van der Waals surface area contributed by atoms with Crippen molar-refractivity contribution in [1.29, 1.82) is 0 Å². The van der Waals surface area contributed by atoms with Crippen LogP contribution in [0.15, 0.2) is 47.5 Å². The molecule has 2 saturated heterocycles. The SMILES string of the molecule is O=C(O)c1cc(NS(=O)(=O)c2ccccc2)cnc1N1CCC[C@H](CN2CCCC2)C1. The summed E-state index contributed by atoms with van der Waals surface area (Å²) in [5.41, 5.74) is 0.144. The number of rotatable bonds is 7. The molecule has 0 bridgehead atoms. The van der Waals surface area contributed by atoms with E-state index < -0.39 is 16.0 Å². The maximum Gasteiger partial charge on any atom is 0.339 e. The van der Waals surface area contributed by atoms with Crippen LogP contribution < -0.4 is 9.62 Å². The van der Waals surface area contributed by atoms with E-state index >= 15 is 0 Å². The lowest BCUT2D eigenvalue weighted by Gasteiger charge is -2.36. The molecule has 1 atom stereocenters. The number of piperidine rings is 1. The Kier molecular flexibility index (Phi) is 6.43. The Morgan fingerprint density at radius 1 is 1.13 bits per heavy atom. The second-order valence-corrected chi connectivity index (χ2v) is 9.96. The summed E-state index contributed by atoms with van der Waals surface area (Å²) in [5, 5.41) is 9.78. The first kappa shape index (κ1) is 21.6. The molecule has 2 aliphatic rings. The Morgan fingerprint density at radius 3 is 2.58 bits per heavy atom. The number of anilines is 2. The molecule has 2 aliphatic heterocycles. The molecule has 4 rings (SSSR count). The summed E-state index contributed by atoms with van der Waals surface area (Å²) in [6.07, 6.45) is 6.02. The highest BCUT2D eigenvalue weighted by atomic mass is 32.2. The van der Waals surface area contributed by atoms with E-state index in [2.05, 4.69) is 14.6 Å². The first-order valence-corrected chi connectivity index (χ1v) is 12.2. The Bertz CT molecular complexity index is 1020. The van der Waals surface area contributed by atoms with Gasteiger partial charge in [-0.15, -0.1) is 0 Å². The Balaban J connectivity index is 1.52. The van der Waals surface area contributed by atoms with Gasteiger partial charge in [-0.2, -0.15) is 0 Å². The number of nitrogens with one attached hydrogen (secondary N) is 1. The number of carbonyl (C=O) groups is 1. The van der Waals surface area contributed by atoms with Gasteiger partial charge in [-0.3, -0.25) is 4.72 Å². The van der Waals surface area contributed by atoms with Crippen LogP contribution in [0.1, 0.15) is 36.0 Å². The molecule has 9 heteroatoms. The van der Waals surface area contributed by atoms with Gasteiger partial charge in [0.1, 0.15) is 11.4 Å². The van der Waals surface area contributed by atoms with Crippen molar-refractivity contribution >= 4 is 27.5 Å². The fourth-order valence-electron chi connectivity index (χ4n) is 4.47. The molecule has 2 aromatic rings. The summed E-state index contributed by atoms with van der Waals surface area (Å²) in [5.74, 6) is -0.238. The molecule has 2 fully saturated rings. The van der Waals surface area contributed by atoms with E-state index in [0.29, 0.717) is 11.7 Å². The summed E-state index contributed by atoms with van der Waals surface area (Å²) in [6, 6.07) is 9.32. The van der Waals surface area contributed by atoms with Gasteiger partial charge in [0.15, 0.2) is 0 Å². The van der Waals surface area contributed by atoms with Crippen LogP contribution in [0.25, 0.3) is 0 Å². The highest BCUT2D eigenvalue weighted by Crippen LogP contribution is 2.28. The third kappa shape index (κ3) is 5.16. The number of carboxylic acid groups (broad SMARTS) is 1. The molecule has 0 spiro atoms. The van der Waals surface area contributed by atoms with Gasteiger partial charge in [0.05, 0.1) is 16.8 Å². The average Bonchev–Trinajstić information content (AvgIpc) is 3.27.